The number of allylic oxidation sites excluding steroid dienone is 1. The van der Waals surface area contributed by atoms with Gasteiger partial charge < -0.3 is 19.9 Å². The van der Waals surface area contributed by atoms with Crippen LogP contribution in [0.3, 0.4) is 0 Å². The molecule has 3 heterocycles. The van der Waals surface area contributed by atoms with Crippen LogP contribution < -0.4 is 15.0 Å². The Bertz CT molecular complexity index is 1190. The summed E-state index contributed by atoms with van der Waals surface area (Å²) in [5.41, 5.74) is 3.99. The number of aliphatic imine (C=N–C) groups is 1. The van der Waals surface area contributed by atoms with Crippen molar-refractivity contribution in [2.24, 2.45) is 10.9 Å². The lowest BCUT2D eigenvalue weighted by molar-refractivity contribution is 0.312. The first-order chi connectivity index (χ1) is 16.4. The van der Waals surface area contributed by atoms with E-state index in [0.717, 1.165) is 55.4 Å². The van der Waals surface area contributed by atoms with Crippen LogP contribution in [0.1, 0.15) is 31.9 Å². The van der Waals surface area contributed by atoms with E-state index in [1.807, 2.05) is 25.1 Å². The number of hydrogen-bond donors (Lipinski definition) is 1. The van der Waals surface area contributed by atoms with Crippen molar-refractivity contribution >= 4 is 23.7 Å². The van der Waals surface area contributed by atoms with Gasteiger partial charge in [0.15, 0.2) is 11.6 Å². The van der Waals surface area contributed by atoms with E-state index < -0.39 is 0 Å². The molecule has 0 radical (unpaired) electrons. The molecule has 7 nitrogen and oxygen atoms in total. The van der Waals surface area contributed by atoms with Gasteiger partial charge in [-0.3, -0.25) is 4.99 Å². The highest BCUT2D eigenvalue weighted by Gasteiger charge is 2.22. The molecule has 0 bridgehead atoms. The summed E-state index contributed by atoms with van der Waals surface area (Å²) >= 11 is 0. The van der Waals surface area contributed by atoms with E-state index >= 15 is 4.39 Å². The molecule has 1 N–H and O–H groups in total. The highest BCUT2D eigenvalue weighted by Crippen LogP contribution is 2.34. The Balaban J connectivity index is 1.45. The van der Waals surface area contributed by atoms with Crippen LogP contribution in [0.5, 0.6) is 11.6 Å². The van der Waals surface area contributed by atoms with E-state index in [1.165, 1.54) is 5.57 Å². The number of hydrogen-bond acceptors (Lipinski definition) is 7. The second-order valence-corrected chi connectivity index (χ2v) is 9.60. The van der Waals surface area contributed by atoms with Crippen LogP contribution in [0, 0.1) is 11.7 Å². The van der Waals surface area contributed by atoms with Crippen LogP contribution in [0.4, 0.5) is 16.2 Å². The first-order valence-corrected chi connectivity index (χ1v) is 11.9. The van der Waals surface area contributed by atoms with Crippen LogP contribution in [0.15, 0.2) is 40.4 Å². The number of rotatable bonds is 5. The summed E-state index contributed by atoms with van der Waals surface area (Å²) in [5, 5.41) is 3.23. The Hall–Kier alpha value is -3.26. The number of fused-ring (bicyclic) bond motifs is 1. The summed E-state index contributed by atoms with van der Waals surface area (Å²) in [6.07, 6.45) is 4.71. The molecule has 8 heteroatoms. The first kappa shape index (κ1) is 22.5. The Morgan fingerprint density at radius 1 is 1.09 bits per heavy atom. The largest absolute Gasteiger partial charge is 0.436 e. The molecule has 0 unspecified atom stereocenters. The summed E-state index contributed by atoms with van der Waals surface area (Å²) in [6, 6.07) is 5.40. The maximum atomic E-state index is 15.2. The molecule has 0 saturated carbocycles. The van der Waals surface area contributed by atoms with Gasteiger partial charge in [-0.25, -0.2) is 4.39 Å². The zero-order valence-corrected chi connectivity index (χ0v) is 20.2. The lowest BCUT2D eigenvalue weighted by Gasteiger charge is -2.33. The van der Waals surface area contributed by atoms with Crippen LogP contribution in [-0.2, 0) is 6.42 Å². The van der Waals surface area contributed by atoms with Crippen molar-refractivity contribution < 1.29 is 9.13 Å². The molecule has 1 fully saturated rings. The molecule has 2 aliphatic heterocycles. The summed E-state index contributed by atoms with van der Waals surface area (Å²) in [6.45, 7) is 10.6. The number of aromatic nitrogens is 2. The maximum Gasteiger partial charge on any atom is 0.233 e. The van der Waals surface area contributed by atoms with Crippen molar-refractivity contribution in [2.75, 3.05) is 50.0 Å². The third-order valence-corrected chi connectivity index (χ3v) is 6.56. The molecule has 1 saturated heterocycles. The average Bonchev–Trinajstić information content (AvgIpc) is 3.43. The van der Waals surface area contributed by atoms with Crippen molar-refractivity contribution in [3.05, 3.63) is 52.4 Å². The minimum absolute atomic E-state index is 0.166. The van der Waals surface area contributed by atoms with Gasteiger partial charge in [-0.05, 0) is 49.6 Å². The van der Waals surface area contributed by atoms with E-state index in [1.54, 1.807) is 12.1 Å². The van der Waals surface area contributed by atoms with Crippen molar-refractivity contribution in [1.82, 2.24) is 14.9 Å². The fraction of sp³-hybridized carbons (Fsp3) is 0.423. The summed E-state index contributed by atoms with van der Waals surface area (Å²) in [4.78, 5) is 18.3. The van der Waals surface area contributed by atoms with Crippen molar-refractivity contribution in [3.63, 3.8) is 0 Å². The molecular formula is C26H31FN6O. The van der Waals surface area contributed by atoms with Gasteiger partial charge in [-0.15, -0.1) is 0 Å². The predicted molar refractivity (Wildman–Crippen MR) is 134 cm³/mol. The number of likely N-dealkylation sites (N-methyl/N-ethyl adjacent to an activating group) is 1. The number of nitrogens with zero attached hydrogens (tertiary/aromatic N) is 5. The lowest BCUT2D eigenvalue weighted by Crippen LogP contribution is -2.44. The highest BCUT2D eigenvalue weighted by molar-refractivity contribution is 6.04. The standard InChI is InChI=1S/C26H31FN6O/c1-16(2)19-13-22(28-15-19)29-26-30-23(33-9-7-32(4)8-10-33)14-24(31-26)34-21-6-5-18-11-17(3)12-20(18)25(21)27/h5-6,12-14,16H,7-11,15H2,1-4H3,(H,28,29,30,31). The minimum atomic E-state index is -0.353. The summed E-state index contributed by atoms with van der Waals surface area (Å²) in [5.74, 6) is 2.42. The predicted octanol–water partition coefficient (Wildman–Crippen LogP) is 4.53. The fourth-order valence-corrected chi connectivity index (χ4v) is 4.41. The molecule has 0 spiro atoms. The Kier molecular flexibility index (Phi) is 6.08. The number of nitrogens with one attached hydrogen (secondary N) is 1. The van der Waals surface area contributed by atoms with E-state index in [-0.39, 0.29) is 11.6 Å². The third-order valence-electron chi connectivity index (χ3n) is 6.56. The number of piperazine rings is 1. The minimum Gasteiger partial charge on any atom is -0.436 e. The molecule has 1 aromatic carbocycles. The van der Waals surface area contributed by atoms with E-state index in [2.05, 4.69) is 46.0 Å². The monoisotopic (exact) mass is 462 g/mol. The van der Waals surface area contributed by atoms with Crippen molar-refractivity contribution in [1.29, 1.82) is 0 Å². The second kappa shape index (κ2) is 9.18. The number of ether oxygens (including phenoxy) is 1. The molecule has 1 aromatic heterocycles. The van der Waals surface area contributed by atoms with Crippen LogP contribution in [-0.4, -0.2) is 60.5 Å². The van der Waals surface area contributed by atoms with Gasteiger partial charge >= 0.3 is 0 Å². The van der Waals surface area contributed by atoms with Crippen molar-refractivity contribution in [2.45, 2.75) is 27.2 Å². The quantitative estimate of drug-likeness (QED) is 0.705. The molecule has 3 aliphatic rings. The van der Waals surface area contributed by atoms with Gasteiger partial charge in [0.25, 0.3) is 0 Å². The molecule has 178 valence electrons. The second-order valence-electron chi connectivity index (χ2n) is 9.60. The number of amidine groups is 1. The van der Waals surface area contributed by atoms with Gasteiger partial charge in [0.05, 0.1) is 6.54 Å². The molecule has 5 rings (SSSR count). The fourth-order valence-electron chi connectivity index (χ4n) is 4.41. The molecule has 1 aliphatic carbocycles. The Labute approximate surface area is 200 Å². The van der Waals surface area contributed by atoms with Gasteiger partial charge in [0.2, 0.25) is 11.8 Å². The van der Waals surface area contributed by atoms with Crippen LogP contribution >= 0.6 is 0 Å². The topological polar surface area (TPSA) is 65.9 Å². The van der Waals surface area contributed by atoms with Gasteiger partial charge in [0, 0.05) is 37.8 Å². The first-order valence-electron chi connectivity index (χ1n) is 11.9. The number of benzene rings is 1. The molecular weight excluding hydrogens is 431 g/mol. The van der Waals surface area contributed by atoms with E-state index in [9.17, 15) is 0 Å². The van der Waals surface area contributed by atoms with Gasteiger partial charge in [-0.1, -0.05) is 31.6 Å². The van der Waals surface area contributed by atoms with Gasteiger partial charge in [-0.2, -0.15) is 9.97 Å². The Morgan fingerprint density at radius 3 is 2.62 bits per heavy atom. The molecule has 2 aromatic rings. The molecule has 34 heavy (non-hydrogen) atoms. The molecule has 0 amide bonds. The smallest absolute Gasteiger partial charge is 0.233 e. The Morgan fingerprint density at radius 2 is 1.88 bits per heavy atom. The number of halogens is 1. The van der Waals surface area contributed by atoms with E-state index in [4.69, 9.17) is 9.72 Å². The average molecular weight is 463 g/mol. The summed E-state index contributed by atoms with van der Waals surface area (Å²) in [7, 11) is 2.11. The van der Waals surface area contributed by atoms with Crippen LogP contribution in [0.2, 0.25) is 0 Å². The summed E-state index contributed by atoms with van der Waals surface area (Å²) < 4.78 is 21.2. The zero-order chi connectivity index (χ0) is 23.8. The van der Waals surface area contributed by atoms with Gasteiger partial charge in [0.1, 0.15) is 11.7 Å². The third kappa shape index (κ3) is 4.68. The highest BCUT2D eigenvalue weighted by atomic mass is 19.1. The number of anilines is 2. The maximum absolute atomic E-state index is 15.2. The van der Waals surface area contributed by atoms with E-state index in [0.29, 0.717) is 29.9 Å². The SMILES string of the molecule is CC1=Cc2c(ccc(Oc3cc(N4CCN(C)CC4)nc(NC4=NCC(C(C)C)=C4)n3)c2F)C1. The normalized spacial score (nSPS) is 18.1. The van der Waals surface area contributed by atoms with Crippen LogP contribution in [0.25, 0.3) is 6.08 Å². The van der Waals surface area contributed by atoms with Crippen molar-refractivity contribution in [3.8, 4) is 11.6 Å². The molecule has 0 atom stereocenters. The zero-order valence-electron chi connectivity index (χ0n) is 20.2. The lowest BCUT2D eigenvalue weighted by atomic mass is 10.0.